The van der Waals surface area contributed by atoms with Crippen molar-refractivity contribution >= 4 is 11.8 Å². The van der Waals surface area contributed by atoms with E-state index in [2.05, 4.69) is 19.2 Å². The Kier molecular flexibility index (Phi) is 4.46. The lowest BCUT2D eigenvalue weighted by molar-refractivity contribution is -0.129. The second-order valence-corrected chi connectivity index (χ2v) is 5.79. The summed E-state index contributed by atoms with van der Waals surface area (Å²) in [5, 5.41) is 2.71. The first-order valence-corrected chi connectivity index (χ1v) is 7.28. The number of likely N-dealkylation sites (N-methyl/N-ethyl adjacent to an activating group) is 1. The Bertz CT molecular complexity index is 551. The molecule has 4 heteroatoms. The monoisotopic (exact) mass is 286 g/mol. The van der Waals surface area contributed by atoms with E-state index in [0.717, 1.165) is 0 Å². The largest absolute Gasteiger partial charge is 0.357 e. The van der Waals surface area contributed by atoms with Crippen LogP contribution in [-0.2, 0) is 4.79 Å². The van der Waals surface area contributed by atoms with Crippen molar-refractivity contribution in [1.29, 1.82) is 0 Å². The van der Waals surface area contributed by atoms with Gasteiger partial charge in [0.2, 0.25) is 5.91 Å². The lowest BCUT2D eigenvalue weighted by atomic mass is 9.87. The Morgan fingerprint density at radius 2 is 1.95 bits per heavy atom. The van der Waals surface area contributed by atoms with Gasteiger partial charge in [0, 0.05) is 19.2 Å². The van der Waals surface area contributed by atoms with Gasteiger partial charge in [0.25, 0.3) is 5.91 Å². The molecule has 1 heterocycles. The zero-order valence-corrected chi connectivity index (χ0v) is 12.8. The summed E-state index contributed by atoms with van der Waals surface area (Å²) >= 11 is 0. The third kappa shape index (κ3) is 2.84. The molecular weight excluding hydrogens is 264 g/mol. The Morgan fingerprint density at radius 1 is 1.29 bits per heavy atom. The van der Waals surface area contributed by atoms with Gasteiger partial charge in [0.15, 0.2) is 0 Å². The second kappa shape index (κ2) is 6.12. The average molecular weight is 286 g/mol. The summed E-state index contributed by atoms with van der Waals surface area (Å²) in [6.45, 7) is 4.58. The molecule has 0 bridgehead atoms. The van der Waals surface area contributed by atoms with E-state index in [-0.39, 0.29) is 11.8 Å². The standard InChI is InChI=1S/C17H22N2O2/c1-13(2)12-17(16(21)18-3)10-7-11-19(17)15(20)14-8-5-4-6-9-14/h4-10,13H,11-12H2,1-3H3,(H,18,21)/t17-/m1/s1. The molecule has 0 saturated carbocycles. The molecule has 0 radical (unpaired) electrons. The van der Waals surface area contributed by atoms with Crippen molar-refractivity contribution in [3.05, 3.63) is 48.0 Å². The highest BCUT2D eigenvalue weighted by Crippen LogP contribution is 2.32. The highest BCUT2D eigenvalue weighted by atomic mass is 16.2. The molecule has 4 nitrogen and oxygen atoms in total. The molecule has 2 amide bonds. The average Bonchev–Trinajstić information content (AvgIpc) is 2.90. The number of carbonyl (C=O) groups is 2. The van der Waals surface area contributed by atoms with Crippen molar-refractivity contribution in [3.63, 3.8) is 0 Å². The summed E-state index contributed by atoms with van der Waals surface area (Å²) in [5.74, 6) is 0.0650. The number of amides is 2. The van der Waals surface area contributed by atoms with E-state index >= 15 is 0 Å². The van der Waals surface area contributed by atoms with E-state index < -0.39 is 5.54 Å². The van der Waals surface area contributed by atoms with Gasteiger partial charge in [0.1, 0.15) is 5.54 Å². The van der Waals surface area contributed by atoms with E-state index in [0.29, 0.717) is 24.4 Å². The first-order chi connectivity index (χ1) is 10.0. The summed E-state index contributed by atoms with van der Waals surface area (Å²) in [5.41, 5.74) is -0.270. The van der Waals surface area contributed by atoms with Crippen molar-refractivity contribution in [2.75, 3.05) is 13.6 Å². The molecule has 1 aromatic rings. The van der Waals surface area contributed by atoms with Gasteiger partial charge in [-0.3, -0.25) is 9.59 Å². The smallest absolute Gasteiger partial charge is 0.255 e. The first kappa shape index (κ1) is 15.3. The summed E-state index contributed by atoms with van der Waals surface area (Å²) in [6.07, 6.45) is 4.38. The quantitative estimate of drug-likeness (QED) is 0.863. The maximum absolute atomic E-state index is 12.8. The van der Waals surface area contributed by atoms with Crippen LogP contribution in [0.4, 0.5) is 0 Å². The predicted octanol–water partition coefficient (Wildman–Crippen LogP) is 2.23. The highest BCUT2D eigenvalue weighted by molar-refractivity contribution is 6.01. The van der Waals surface area contributed by atoms with Crippen molar-refractivity contribution in [2.24, 2.45) is 5.92 Å². The third-order valence-corrected chi connectivity index (χ3v) is 3.77. The highest BCUT2D eigenvalue weighted by Gasteiger charge is 2.46. The molecule has 2 rings (SSSR count). The van der Waals surface area contributed by atoms with Crippen LogP contribution in [0, 0.1) is 5.92 Å². The Hall–Kier alpha value is -2.10. The van der Waals surface area contributed by atoms with Gasteiger partial charge in [-0.25, -0.2) is 0 Å². The fraction of sp³-hybridized carbons (Fsp3) is 0.412. The van der Waals surface area contributed by atoms with E-state index in [1.54, 1.807) is 24.1 Å². The first-order valence-electron chi connectivity index (χ1n) is 7.28. The summed E-state index contributed by atoms with van der Waals surface area (Å²) < 4.78 is 0. The maximum Gasteiger partial charge on any atom is 0.255 e. The zero-order chi connectivity index (χ0) is 15.5. The Morgan fingerprint density at radius 3 is 2.52 bits per heavy atom. The number of nitrogens with one attached hydrogen (secondary N) is 1. The van der Waals surface area contributed by atoms with E-state index in [9.17, 15) is 9.59 Å². The summed E-state index contributed by atoms with van der Waals surface area (Å²) in [7, 11) is 1.61. The third-order valence-electron chi connectivity index (χ3n) is 3.77. The normalized spacial score (nSPS) is 20.9. The molecule has 21 heavy (non-hydrogen) atoms. The molecule has 1 atom stereocenters. The Labute approximate surface area is 125 Å². The van der Waals surface area contributed by atoms with Gasteiger partial charge in [-0.2, -0.15) is 0 Å². The number of carbonyl (C=O) groups excluding carboxylic acids is 2. The van der Waals surface area contributed by atoms with Crippen LogP contribution in [0.15, 0.2) is 42.5 Å². The maximum atomic E-state index is 12.8. The SMILES string of the molecule is CNC(=O)[C@]1(CC(C)C)C=CCN1C(=O)c1ccccc1. The lowest BCUT2D eigenvalue weighted by Crippen LogP contribution is -2.57. The van der Waals surface area contributed by atoms with Gasteiger partial charge in [-0.1, -0.05) is 44.2 Å². The van der Waals surface area contributed by atoms with Crippen LogP contribution < -0.4 is 5.32 Å². The summed E-state index contributed by atoms with van der Waals surface area (Å²) in [4.78, 5) is 26.9. The van der Waals surface area contributed by atoms with Crippen LogP contribution >= 0.6 is 0 Å². The minimum Gasteiger partial charge on any atom is -0.357 e. The van der Waals surface area contributed by atoms with Crippen LogP contribution in [0.2, 0.25) is 0 Å². The van der Waals surface area contributed by atoms with Crippen molar-refractivity contribution in [2.45, 2.75) is 25.8 Å². The van der Waals surface area contributed by atoms with Gasteiger partial charge in [-0.05, 0) is 24.5 Å². The van der Waals surface area contributed by atoms with Gasteiger partial charge in [0.05, 0.1) is 0 Å². The number of nitrogens with zero attached hydrogens (tertiary/aromatic N) is 1. The van der Waals surface area contributed by atoms with E-state index in [1.807, 2.05) is 30.4 Å². The minimum absolute atomic E-state index is 0.107. The molecule has 0 aliphatic carbocycles. The fourth-order valence-corrected chi connectivity index (χ4v) is 2.91. The van der Waals surface area contributed by atoms with Crippen LogP contribution in [0.1, 0.15) is 30.6 Å². The minimum atomic E-state index is -0.879. The van der Waals surface area contributed by atoms with Crippen LogP contribution in [0.25, 0.3) is 0 Å². The zero-order valence-electron chi connectivity index (χ0n) is 12.8. The van der Waals surface area contributed by atoms with E-state index in [1.165, 1.54) is 0 Å². The van der Waals surface area contributed by atoms with Gasteiger partial charge < -0.3 is 10.2 Å². The van der Waals surface area contributed by atoms with Crippen LogP contribution in [0.3, 0.4) is 0 Å². The van der Waals surface area contributed by atoms with E-state index in [4.69, 9.17) is 0 Å². The molecule has 112 valence electrons. The molecule has 1 aromatic carbocycles. The lowest BCUT2D eigenvalue weighted by Gasteiger charge is -2.37. The van der Waals surface area contributed by atoms with Crippen LogP contribution in [-0.4, -0.2) is 35.8 Å². The van der Waals surface area contributed by atoms with Crippen LogP contribution in [0.5, 0.6) is 0 Å². The van der Waals surface area contributed by atoms with Crippen molar-refractivity contribution < 1.29 is 9.59 Å². The molecule has 1 aliphatic rings. The molecule has 1 aliphatic heterocycles. The Balaban J connectivity index is 2.37. The molecule has 0 spiro atoms. The second-order valence-electron chi connectivity index (χ2n) is 5.79. The van der Waals surface area contributed by atoms with Crippen molar-refractivity contribution in [1.82, 2.24) is 10.2 Å². The predicted molar refractivity (Wildman–Crippen MR) is 82.9 cm³/mol. The molecule has 0 saturated heterocycles. The number of benzene rings is 1. The fourth-order valence-electron chi connectivity index (χ4n) is 2.91. The van der Waals surface area contributed by atoms with Gasteiger partial charge >= 0.3 is 0 Å². The topological polar surface area (TPSA) is 49.4 Å². The molecule has 0 aromatic heterocycles. The van der Waals surface area contributed by atoms with Crippen molar-refractivity contribution in [3.8, 4) is 0 Å². The molecule has 0 unspecified atom stereocenters. The number of hydrogen-bond donors (Lipinski definition) is 1. The molecular formula is C17H22N2O2. The summed E-state index contributed by atoms with van der Waals surface area (Å²) in [6, 6.07) is 9.11. The number of hydrogen-bond acceptors (Lipinski definition) is 2. The number of rotatable bonds is 4. The molecule has 1 N–H and O–H groups in total. The molecule has 0 fully saturated rings. The van der Waals surface area contributed by atoms with Gasteiger partial charge in [-0.15, -0.1) is 0 Å².